The largest absolute Gasteiger partial charge is 0.465 e. The molecule has 2 aromatic heterocycles. The number of rotatable bonds is 13. The summed E-state index contributed by atoms with van der Waals surface area (Å²) < 4.78 is 31.6. The fraction of sp³-hybridized carbons (Fsp3) is 0.667. The Kier molecular flexibility index (Phi) is 9.40. The van der Waals surface area contributed by atoms with E-state index in [2.05, 4.69) is 25.1 Å². The fourth-order valence-corrected chi connectivity index (χ4v) is 5.81. The Hall–Kier alpha value is -2.80. The van der Waals surface area contributed by atoms with Gasteiger partial charge in [-0.15, -0.1) is 0 Å². The number of hydrogen-bond donors (Lipinski definition) is 4. The number of ether oxygens (including phenoxy) is 3. The van der Waals surface area contributed by atoms with Crippen LogP contribution in [0.5, 0.6) is 0 Å². The topological polar surface area (TPSA) is 193 Å². The number of hydrogen-bond acceptors (Lipinski definition) is 10. The first-order valence-corrected chi connectivity index (χ1v) is 13.3. The van der Waals surface area contributed by atoms with Crippen molar-refractivity contribution in [2.45, 2.75) is 72.2 Å². The van der Waals surface area contributed by atoms with Gasteiger partial charge in [0.25, 0.3) is 5.56 Å². The number of anilines is 1. The molecule has 2 aromatic rings. The molecule has 0 fully saturated rings. The average Bonchev–Trinajstić information content (AvgIpc) is 3.13. The van der Waals surface area contributed by atoms with Gasteiger partial charge in [0.05, 0.1) is 25.6 Å². The highest BCUT2D eigenvalue weighted by molar-refractivity contribution is 7.59. The highest BCUT2D eigenvalue weighted by atomic mass is 31.2. The van der Waals surface area contributed by atoms with Gasteiger partial charge in [-0.25, -0.2) is 15.2 Å². The molecule has 2 heterocycles. The Morgan fingerprint density at radius 2 is 1.81 bits per heavy atom. The molecule has 15 heteroatoms. The van der Waals surface area contributed by atoms with E-state index in [1.165, 1.54) is 34.0 Å². The van der Waals surface area contributed by atoms with Crippen molar-refractivity contribution in [1.29, 1.82) is 0 Å². The van der Waals surface area contributed by atoms with Crippen molar-refractivity contribution in [3.05, 3.63) is 16.7 Å². The summed E-state index contributed by atoms with van der Waals surface area (Å²) in [6, 6.07) is 0. The SMILES string of the molecule is CCOC(=O)C(C)(C)NP(=O)(COCCn1cnc2c(=O)[nH]c(N)nc21)NC(C)(C)C(=O)OC(C)C. The number of carbonyl (C=O) groups is 2. The Balaban J connectivity index is 2.19. The van der Waals surface area contributed by atoms with E-state index < -0.39 is 36.0 Å². The number of nitrogens with two attached hydrogens (primary N) is 1. The van der Waals surface area contributed by atoms with Crippen molar-refractivity contribution in [2.24, 2.45) is 0 Å². The van der Waals surface area contributed by atoms with E-state index >= 15 is 0 Å². The zero-order valence-corrected chi connectivity index (χ0v) is 22.6. The first kappa shape index (κ1) is 29.4. The van der Waals surface area contributed by atoms with Gasteiger partial charge in [0.1, 0.15) is 17.4 Å². The molecule has 36 heavy (non-hydrogen) atoms. The molecule has 202 valence electrons. The highest BCUT2D eigenvalue weighted by Crippen LogP contribution is 2.42. The summed E-state index contributed by atoms with van der Waals surface area (Å²) in [6.07, 6.45) is 0.663. The summed E-state index contributed by atoms with van der Waals surface area (Å²) in [7, 11) is -3.75. The number of H-pyrrole nitrogens is 1. The van der Waals surface area contributed by atoms with Crippen LogP contribution in [0.2, 0.25) is 0 Å². The number of aromatic nitrogens is 4. The van der Waals surface area contributed by atoms with Gasteiger partial charge in [-0.2, -0.15) is 4.98 Å². The van der Waals surface area contributed by atoms with E-state index in [9.17, 15) is 18.9 Å². The normalized spacial score (nSPS) is 14.1. The number of esters is 2. The number of nitrogens with zero attached hydrogens (tertiary/aromatic N) is 3. The number of nitrogens with one attached hydrogen (secondary N) is 3. The molecular formula is C21H36N7O7P. The van der Waals surface area contributed by atoms with Gasteiger partial charge < -0.3 is 24.5 Å². The second-order valence-electron chi connectivity index (χ2n) is 9.49. The van der Waals surface area contributed by atoms with Crippen molar-refractivity contribution in [2.75, 3.05) is 25.3 Å². The van der Waals surface area contributed by atoms with Gasteiger partial charge in [0.15, 0.2) is 11.2 Å². The molecule has 14 nitrogen and oxygen atoms in total. The van der Waals surface area contributed by atoms with Crippen LogP contribution in [0.15, 0.2) is 11.1 Å². The molecule has 0 radical (unpaired) electrons. The number of aromatic amines is 1. The summed E-state index contributed by atoms with van der Waals surface area (Å²) in [5.74, 6) is -1.29. The molecule has 0 aromatic carbocycles. The van der Waals surface area contributed by atoms with Crippen LogP contribution in [0.1, 0.15) is 48.5 Å². The summed E-state index contributed by atoms with van der Waals surface area (Å²) in [5, 5.41) is 5.61. The van der Waals surface area contributed by atoms with E-state index in [-0.39, 0.29) is 49.3 Å². The molecule has 0 aliphatic rings. The predicted molar refractivity (Wildman–Crippen MR) is 133 cm³/mol. The van der Waals surface area contributed by atoms with E-state index in [0.29, 0.717) is 0 Å². The van der Waals surface area contributed by atoms with E-state index in [4.69, 9.17) is 19.9 Å². The van der Waals surface area contributed by atoms with E-state index in [0.717, 1.165) is 0 Å². The second kappa shape index (κ2) is 11.5. The standard InChI is InChI=1S/C21H36N7O7P/c1-8-34-17(30)20(4,5)26-36(32,27-21(6,7)18(31)35-13(2)3)12-33-10-9-28-11-23-14-15(28)24-19(22)25-16(14)29/h11,13H,8-10,12H2,1-7H3,(H2,26,27,32)(H3,22,24,25,29). The molecule has 5 N–H and O–H groups in total. The van der Waals surface area contributed by atoms with Crippen molar-refractivity contribution in [1.82, 2.24) is 29.7 Å². The van der Waals surface area contributed by atoms with Crippen molar-refractivity contribution < 1.29 is 28.4 Å². The minimum Gasteiger partial charge on any atom is -0.465 e. The number of nitrogen functional groups attached to an aromatic ring is 1. The summed E-state index contributed by atoms with van der Waals surface area (Å²) in [5.41, 5.74) is 2.82. The summed E-state index contributed by atoms with van der Waals surface area (Å²) in [4.78, 5) is 47.5. The van der Waals surface area contributed by atoms with Gasteiger partial charge in [-0.05, 0) is 48.5 Å². The molecular weight excluding hydrogens is 493 g/mol. The Labute approximate surface area is 209 Å². The number of imidazole rings is 1. The highest BCUT2D eigenvalue weighted by Gasteiger charge is 2.43. The molecule has 2 rings (SSSR count). The van der Waals surface area contributed by atoms with Crippen molar-refractivity contribution in [3.8, 4) is 0 Å². The smallest absolute Gasteiger partial charge is 0.326 e. The average molecular weight is 530 g/mol. The van der Waals surface area contributed by atoms with Crippen molar-refractivity contribution >= 4 is 36.5 Å². The predicted octanol–water partition coefficient (Wildman–Crippen LogP) is 1.12. The quantitative estimate of drug-likeness (QED) is 0.164. The molecule has 0 aliphatic carbocycles. The van der Waals surface area contributed by atoms with Crippen LogP contribution in [0.25, 0.3) is 11.2 Å². The van der Waals surface area contributed by atoms with Crippen LogP contribution in [-0.4, -0.2) is 68.2 Å². The van der Waals surface area contributed by atoms with Crippen LogP contribution in [0.4, 0.5) is 5.95 Å². The molecule has 0 aliphatic heterocycles. The maximum absolute atomic E-state index is 14.0. The van der Waals surface area contributed by atoms with Gasteiger partial charge in [0.2, 0.25) is 13.4 Å². The summed E-state index contributed by atoms with van der Waals surface area (Å²) in [6.45, 7) is 11.6. The molecule has 0 amide bonds. The third-order valence-corrected chi connectivity index (χ3v) is 7.19. The lowest BCUT2D eigenvalue weighted by molar-refractivity contribution is -0.153. The van der Waals surface area contributed by atoms with Crippen LogP contribution in [0, 0.1) is 0 Å². The van der Waals surface area contributed by atoms with Gasteiger partial charge in [0, 0.05) is 6.54 Å². The Bertz CT molecular complexity index is 1190. The van der Waals surface area contributed by atoms with E-state index in [1.54, 1.807) is 25.3 Å². The first-order valence-electron chi connectivity index (χ1n) is 11.4. The van der Waals surface area contributed by atoms with Crippen LogP contribution >= 0.6 is 7.44 Å². The van der Waals surface area contributed by atoms with Gasteiger partial charge in [-0.1, -0.05) is 0 Å². The molecule has 0 saturated heterocycles. The fourth-order valence-electron chi connectivity index (χ4n) is 3.25. The lowest BCUT2D eigenvalue weighted by atomic mass is 10.1. The molecule has 0 spiro atoms. The molecule has 0 bridgehead atoms. The third kappa shape index (κ3) is 7.60. The van der Waals surface area contributed by atoms with Crippen LogP contribution in [0.3, 0.4) is 0 Å². The van der Waals surface area contributed by atoms with Crippen LogP contribution in [-0.2, 0) is 34.9 Å². The lowest BCUT2D eigenvalue weighted by Gasteiger charge is -2.35. The number of carbonyl (C=O) groups excluding carboxylic acids is 2. The van der Waals surface area contributed by atoms with E-state index in [1.807, 2.05) is 0 Å². The zero-order valence-electron chi connectivity index (χ0n) is 21.7. The Morgan fingerprint density at radius 1 is 1.19 bits per heavy atom. The maximum atomic E-state index is 14.0. The lowest BCUT2D eigenvalue weighted by Crippen LogP contribution is -2.54. The second-order valence-corrected chi connectivity index (χ2v) is 11.7. The molecule has 1 unspecified atom stereocenters. The third-order valence-electron chi connectivity index (χ3n) is 4.80. The number of fused-ring (bicyclic) bond motifs is 1. The molecule has 1 atom stereocenters. The first-order chi connectivity index (χ1) is 16.6. The maximum Gasteiger partial charge on any atom is 0.326 e. The monoisotopic (exact) mass is 529 g/mol. The summed E-state index contributed by atoms with van der Waals surface area (Å²) >= 11 is 0. The van der Waals surface area contributed by atoms with Crippen molar-refractivity contribution in [3.63, 3.8) is 0 Å². The Morgan fingerprint density at radius 3 is 2.39 bits per heavy atom. The molecule has 0 saturated carbocycles. The van der Waals surface area contributed by atoms with Gasteiger partial charge >= 0.3 is 11.9 Å². The minimum absolute atomic E-state index is 0.0455. The van der Waals surface area contributed by atoms with Crippen LogP contribution < -0.4 is 21.5 Å². The minimum atomic E-state index is -3.75. The van der Waals surface area contributed by atoms with Gasteiger partial charge in [-0.3, -0.25) is 23.9 Å². The zero-order chi connectivity index (χ0) is 27.3.